The van der Waals surface area contributed by atoms with Crippen molar-refractivity contribution in [1.29, 1.82) is 0 Å². The highest BCUT2D eigenvalue weighted by atomic mass is 32.1. The largest absolute Gasteiger partial charge is 0.316 e. The third kappa shape index (κ3) is 3.08. The molecule has 0 spiro atoms. The Morgan fingerprint density at radius 1 is 1.04 bits per heavy atom. The van der Waals surface area contributed by atoms with Crippen molar-refractivity contribution in [1.82, 2.24) is 19.5 Å². The smallest absolute Gasteiger partial charge is 0.194 e. The molecule has 4 heterocycles. The van der Waals surface area contributed by atoms with Gasteiger partial charge in [0.2, 0.25) is 0 Å². The predicted molar refractivity (Wildman–Crippen MR) is 104 cm³/mol. The SMILES string of the molecule is Cc1csc(-n2c(C)cc(-c3csc(Nc4ccccn4)n3)c2C)n1. The van der Waals surface area contributed by atoms with Crippen molar-refractivity contribution in [2.45, 2.75) is 20.8 Å². The van der Waals surface area contributed by atoms with Crippen LogP contribution in [-0.2, 0) is 0 Å². The van der Waals surface area contributed by atoms with Crippen LogP contribution in [0.2, 0.25) is 0 Å². The molecule has 0 aliphatic rings. The summed E-state index contributed by atoms with van der Waals surface area (Å²) in [6, 6.07) is 7.95. The van der Waals surface area contributed by atoms with E-state index < -0.39 is 0 Å². The van der Waals surface area contributed by atoms with Crippen molar-refractivity contribution in [2.75, 3.05) is 5.32 Å². The Labute approximate surface area is 154 Å². The van der Waals surface area contributed by atoms with Gasteiger partial charge in [0.15, 0.2) is 10.3 Å². The van der Waals surface area contributed by atoms with Crippen molar-refractivity contribution < 1.29 is 0 Å². The quantitative estimate of drug-likeness (QED) is 0.544. The summed E-state index contributed by atoms with van der Waals surface area (Å²) in [7, 11) is 0. The molecule has 0 unspecified atom stereocenters. The lowest BCUT2D eigenvalue weighted by Gasteiger charge is -2.05. The molecule has 0 aliphatic carbocycles. The summed E-state index contributed by atoms with van der Waals surface area (Å²) in [5.74, 6) is 0.798. The number of nitrogens with zero attached hydrogens (tertiary/aromatic N) is 4. The summed E-state index contributed by atoms with van der Waals surface area (Å²) in [6.45, 7) is 6.24. The van der Waals surface area contributed by atoms with E-state index in [1.165, 1.54) is 0 Å². The molecule has 0 fully saturated rings. The van der Waals surface area contributed by atoms with Gasteiger partial charge in [-0.15, -0.1) is 22.7 Å². The van der Waals surface area contributed by atoms with Crippen LogP contribution < -0.4 is 5.32 Å². The normalized spacial score (nSPS) is 11.0. The number of pyridine rings is 1. The molecule has 0 radical (unpaired) electrons. The third-order valence-electron chi connectivity index (χ3n) is 3.91. The van der Waals surface area contributed by atoms with E-state index >= 15 is 0 Å². The summed E-state index contributed by atoms with van der Waals surface area (Å²) >= 11 is 3.24. The summed E-state index contributed by atoms with van der Waals surface area (Å²) in [4.78, 5) is 13.6. The van der Waals surface area contributed by atoms with Gasteiger partial charge in [0.25, 0.3) is 0 Å². The molecule has 0 atom stereocenters. The lowest BCUT2D eigenvalue weighted by atomic mass is 10.2. The third-order valence-corrected chi connectivity index (χ3v) is 5.61. The molecular weight excluding hydrogens is 350 g/mol. The molecule has 126 valence electrons. The van der Waals surface area contributed by atoms with E-state index in [0.717, 1.165) is 44.4 Å². The standard InChI is InChI=1S/C18H17N5S2/c1-11-9-25-18(20-11)23-12(2)8-14(13(23)3)15-10-24-17(21-15)22-16-6-4-5-7-19-16/h4-10H,1-3H3,(H,19,21,22). The molecule has 4 rings (SSSR count). The molecule has 0 aromatic carbocycles. The molecule has 4 aromatic rings. The zero-order chi connectivity index (χ0) is 17.4. The van der Waals surface area contributed by atoms with Crippen LogP contribution in [0.5, 0.6) is 0 Å². The Hall–Kier alpha value is -2.51. The molecule has 7 heteroatoms. The number of anilines is 2. The predicted octanol–water partition coefficient (Wildman–Crippen LogP) is 5.12. The second-order valence-corrected chi connectivity index (χ2v) is 7.46. The second-order valence-electron chi connectivity index (χ2n) is 5.77. The van der Waals surface area contributed by atoms with Gasteiger partial charge in [-0.2, -0.15) is 0 Å². The number of thiazole rings is 2. The minimum atomic E-state index is 0.798. The molecule has 4 aromatic heterocycles. The molecule has 25 heavy (non-hydrogen) atoms. The average molecular weight is 368 g/mol. The summed E-state index contributed by atoms with van der Waals surface area (Å²) in [5.41, 5.74) is 5.46. The van der Waals surface area contributed by atoms with Crippen LogP contribution in [0.3, 0.4) is 0 Å². The number of hydrogen-bond donors (Lipinski definition) is 1. The summed E-state index contributed by atoms with van der Waals surface area (Å²) < 4.78 is 2.19. The first-order valence-electron chi connectivity index (χ1n) is 7.87. The van der Waals surface area contributed by atoms with Gasteiger partial charge >= 0.3 is 0 Å². The van der Waals surface area contributed by atoms with Gasteiger partial charge in [-0.25, -0.2) is 15.0 Å². The molecule has 0 amide bonds. The van der Waals surface area contributed by atoms with Crippen LogP contribution in [0, 0.1) is 20.8 Å². The molecule has 0 saturated heterocycles. The van der Waals surface area contributed by atoms with E-state index in [0.29, 0.717) is 0 Å². The second kappa shape index (κ2) is 6.42. The van der Waals surface area contributed by atoms with Gasteiger partial charge in [0, 0.05) is 33.9 Å². The van der Waals surface area contributed by atoms with Crippen molar-refractivity contribution >= 4 is 33.6 Å². The van der Waals surface area contributed by atoms with Crippen LogP contribution in [-0.4, -0.2) is 19.5 Å². The van der Waals surface area contributed by atoms with Crippen LogP contribution >= 0.6 is 22.7 Å². The number of aromatic nitrogens is 4. The van der Waals surface area contributed by atoms with E-state index in [1.807, 2.05) is 25.1 Å². The van der Waals surface area contributed by atoms with Crippen molar-refractivity contribution in [3.8, 4) is 16.4 Å². The van der Waals surface area contributed by atoms with Gasteiger partial charge in [-0.05, 0) is 39.0 Å². The fourth-order valence-corrected chi connectivity index (χ4v) is 4.39. The molecule has 1 N–H and O–H groups in total. The maximum absolute atomic E-state index is 4.73. The van der Waals surface area contributed by atoms with Gasteiger partial charge in [-0.3, -0.25) is 4.57 Å². The first kappa shape index (κ1) is 16.0. The van der Waals surface area contributed by atoms with Gasteiger partial charge in [0.05, 0.1) is 11.4 Å². The number of aryl methyl sites for hydroxylation is 2. The highest BCUT2D eigenvalue weighted by Gasteiger charge is 2.16. The van der Waals surface area contributed by atoms with Crippen LogP contribution in [0.1, 0.15) is 17.1 Å². The fourth-order valence-electron chi connectivity index (χ4n) is 2.76. The number of rotatable bonds is 4. The Morgan fingerprint density at radius 2 is 1.92 bits per heavy atom. The number of nitrogens with one attached hydrogen (secondary N) is 1. The monoisotopic (exact) mass is 367 g/mol. The molecule has 5 nitrogen and oxygen atoms in total. The first-order valence-corrected chi connectivity index (χ1v) is 9.63. The van der Waals surface area contributed by atoms with E-state index in [1.54, 1.807) is 28.9 Å². The van der Waals surface area contributed by atoms with Crippen LogP contribution in [0.15, 0.2) is 41.2 Å². The van der Waals surface area contributed by atoms with Crippen molar-refractivity contribution in [3.63, 3.8) is 0 Å². The molecule has 0 saturated carbocycles. The van der Waals surface area contributed by atoms with Gasteiger partial charge < -0.3 is 5.32 Å². The molecule has 0 bridgehead atoms. The lowest BCUT2D eigenvalue weighted by molar-refractivity contribution is 0.943. The van der Waals surface area contributed by atoms with Crippen molar-refractivity contribution in [3.05, 3.63) is 58.3 Å². The fraction of sp³-hybridized carbons (Fsp3) is 0.167. The van der Waals surface area contributed by atoms with E-state index in [9.17, 15) is 0 Å². The van der Waals surface area contributed by atoms with Crippen molar-refractivity contribution in [2.24, 2.45) is 0 Å². The Bertz CT molecular complexity index is 1010. The molecular formula is C18H17N5S2. The zero-order valence-electron chi connectivity index (χ0n) is 14.1. The van der Waals surface area contributed by atoms with E-state index in [-0.39, 0.29) is 0 Å². The van der Waals surface area contributed by atoms with E-state index in [4.69, 9.17) is 4.98 Å². The van der Waals surface area contributed by atoms with Gasteiger partial charge in [0.1, 0.15) is 5.82 Å². The lowest BCUT2D eigenvalue weighted by Crippen LogP contribution is -1.98. The highest BCUT2D eigenvalue weighted by molar-refractivity contribution is 7.14. The first-order chi connectivity index (χ1) is 12.1. The Kier molecular flexibility index (Phi) is 4.10. The Balaban J connectivity index is 1.67. The molecule has 0 aliphatic heterocycles. The maximum atomic E-state index is 4.73. The minimum absolute atomic E-state index is 0.798. The Morgan fingerprint density at radius 3 is 2.64 bits per heavy atom. The average Bonchev–Trinajstić information content (AvgIpc) is 3.29. The highest BCUT2D eigenvalue weighted by Crippen LogP contribution is 2.32. The van der Waals surface area contributed by atoms with E-state index in [2.05, 4.69) is 50.5 Å². The topological polar surface area (TPSA) is 55.6 Å². The van der Waals surface area contributed by atoms with Crippen LogP contribution in [0.25, 0.3) is 16.4 Å². The summed E-state index contributed by atoms with van der Waals surface area (Å²) in [6.07, 6.45) is 1.76. The minimum Gasteiger partial charge on any atom is -0.316 e. The van der Waals surface area contributed by atoms with Gasteiger partial charge in [-0.1, -0.05) is 6.07 Å². The maximum Gasteiger partial charge on any atom is 0.194 e. The number of hydrogen-bond acceptors (Lipinski definition) is 6. The van der Waals surface area contributed by atoms with Crippen LogP contribution in [0.4, 0.5) is 10.9 Å². The summed E-state index contributed by atoms with van der Waals surface area (Å²) in [5, 5.41) is 9.24. The zero-order valence-corrected chi connectivity index (χ0v) is 15.8.